The van der Waals surface area contributed by atoms with E-state index >= 15 is 0 Å². The van der Waals surface area contributed by atoms with Gasteiger partial charge in [-0.05, 0) is 35.9 Å². The van der Waals surface area contributed by atoms with Crippen LogP contribution >= 0.6 is 0 Å². The van der Waals surface area contributed by atoms with Crippen molar-refractivity contribution in [2.75, 3.05) is 13.2 Å². The monoisotopic (exact) mass is 327 g/mol. The van der Waals surface area contributed by atoms with Crippen molar-refractivity contribution in [3.63, 3.8) is 0 Å². The summed E-state index contributed by atoms with van der Waals surface area (Å²) in [4.78, 5) is 3.46. The van der Waals surface area contributed by atoms with Crippen LogP contribution in [0.15, 0.2) is 72.8 Å². The van der Waals surface area contributed by atoms with Crippen LogP contribution in [-0.2, 0) is 0 Å². The quantitative estimate of drug-likeness (QED) is 0.563. The van der Waals surface area contributed by atoms with Gasteiger partial charge < -0.3 is 14.5 Å². The number of aromatic amines is 1. The largest absolute Gasteiger partial charge is 0.489 e. The molecule has 0 fully saturated rings. The second-order valence-electron chi connectivity index (χ2n) is 6.20. The van der Waals surface area contributed by atoms with E-state index in [2.05, 4.69) is 47.5 Å². The first-order valence-corrected chi connectivity index (χ1v) is 8.43. The van der Waals surface area contributed by atoms with Gasteiger partial charge in [0.2, 0.25) is 0 Å². The molecule has 4 aromatic rings. The van der Waals surface area contributed by atoms with Crippen molar-refractivity contribution >= 4 is 27.4 Å². The number of aromatic nitrogens is 1. The third-order valence-electron chi connectivity index (χ3n) is 4.67. The Morgan fingerprint density at radius 1 is 0.880 bits per heavy atom. The molecular weight excluding hydrogens is 310 g/mol. The van der Waals surface area contributed by atoms with Crippen LogP contribution < -0.4 is 9.47 Å². The minimum atomic E-state index is 0.534. The molecule has 1 N–H and O–H groups in total. The predicted molar refractivity (Wildman–Crippen MR) is 101 cm³/mol. The average Bonchev–Trinajstić information content (AvgIpc) is 3.04. The Kier molecular flexibility index (Phi) is 3.23. The van der Waals surface area contributed by atoms with E-state index in [1.165, 1.54) is 16.3 Å². The lowest BCUT2D eigenvalue weighted by atomic mass is 10.0. The number of para-hydroxylation sites is 2. The van der Waals surface area contributed by atoms with Gasteiger partial charge in [-0.15, -0.1) is 0 Å². The minimum absolute atomic E-state index is 0.534. The van der Waals surface area contributed by atoms with E-state index in [9.17, 15) is 0 Å². The number of fused-ring (bicyclic) bond motifs is 4. The molecule has 3 nitrogen and oxygen atoms in total. The van der Waals surface area contributed by atoms with Crippen LogP contribution in [0, 0.1) is 0 Å². The number of nitrogens with one attached hydrogen (secondary N) is 1. The third-order valence-corrected chi connectivity index (χ3v) is 4.67. The zero-order valence-corrected chi connectivity index (χ0v) is 13.7. The Hall–Kier alpha value is -3.20. The van der Waals surface area contributed by atoms with Gasteiger partial charge in [-0.3, -0.25) is 0 Å². The number of rotatable bonds is 3. The zero-order chi connectivity index (χ0) is 16.6. The predicted octanol–water partition coefficient (Wildman–Crippen LogP) is 5.18. The average molecular weight is 327 g/mol. The Morgan fingerprint density at radius 2 is 1.72 bits per heavy atom. The smallest absolute Gasteiger partial charge is 0.127 e. The Morgan fingerprint density at radius 3 is 2.72 bits per heavy atom. The summed E-state index contributed by atoms with van der Waals surface area (Å²) in [5, 5.41) is 2.46. The Labute approximate surface area is 145 Å². The molecule has 0 amide bonds. The summed E-state index contributed by atoms with van der Waals surface area (Å²) < 4.78 is 11.7. The number of hydrogen-bond donors (Lipinski definition) is 1. The number of H-pyrrole nitrogens is 1. The molecule has 0 saturated heterocycles. The number of ether oxygens (including phenoxy) is 2. The first-order valence-electron chi connectivity index (χ1n) is 8.43. The van der Waals surface area contributed by atoms with E-state index < -0.39 is 0 Å². The van der Waals surface area contributed by atoms with Gasteiger partial charge in [0.15, 0.2) is 0 Å². The lowest BCUT2D eigenvalue weighted by Gasteiger charge is -2.18. The van der Waals surface area contributed by atoms with Crippen LogP contribution in [0.4, 0.5) is 0 Å². The summed E-state index contributed by atoms with van der Waals surface area (Å²) in [5.74, 6) is 1.79. The molecule has 1 aliphatic heterocycles. The standard InChI is InChI=1S/C22H17NO2/c1-3-7-20-18(6-1)19-10-9-16(13-21(19)23-20)25-14-15-11-12-24-22-8-4-2-5-17(15)22/h1-11,13,23H,12,14H2. The molecule has 2 heterocycles. The summed E-state index contributed by atoms with van der Waals surface area (Å²) in [6.07, 6.45) is 2.09. The van der Waals surface area contributed by atoms with Gasteiger partial charge in [0.25, 0.3) is 0 Å². The maximum Gasteiger partial charge on any atom is 0.127 e. The molecule has 0 atom stereocenters. The lowest BCUT2D eigenvalue weighted by Crippen LogP contribution is -2.09. The first kappa shape index (κ1) is 14.2. The van der Waals surface area contributed by atoms with Crippen LogP contribution in [-0.4, -0.2) is 18.2 Å². The van der Waals surface area contributed by atoms with E-state index in [0.717, 1.165) is 28.1 Å². The van der Waals surface area contributed by atoms with Crippen molar-refractivity contribution in [1.29, 1.82) is 0 Å². The van der Waals surface area contributed by atoms with Gasteiger partial charge in [0.1, 0.15) is 24.7 Å². The lowest BCUT2D eigenvalue weighted by molar-refractivity contribution is 0.343. The topological polar surface area (TPSA) is 34.2 Å². The molecule has 5 rings (SSSR count). The molecule has 0 spiro atoms. The van der Waals surface area contributed by atoms with Crippen molar-refractivity contribution in [2.45, 2.75) is 0 Å². The fourth-order valence-corrected chi connectivity index (χ4v) is 3.42. The third kappa shape index (κ3) is 2.45. The van der Waals surface area contributed by atoms with Crippen LogP contribution in [0.5, 0.6) is 11.5 Å². The van der Waals surface area contributed by atoms with Crippen molar-refractivity contribution in [2.24, 2.45) is 0 Å². The fraction of sp³-hybridized carbons (Fsp3) is 0.0909. The van der Waals surface area contributed by atoms with E-state index in [4.69, 9.17) is 9.47 Å². The van der Waals surface area contributed by atoms with Gasteiger partial charge in [-0.2, -0.15) is 0 Å². The molecule has 0 saturated carbocycles. The van der Waals surface area contributed by atoms with Gasteiger partial charge in [0, 0.05) is 27.9 Å². The number of hydrogen-bond acceptors (Lipinski definition) is 2. The summed E-state index contributed by atoms with van der Waals surface area (Å²) in [6, 6.07) is 22.7. The molecular formula is C22H17NO2. The Bertz CT molecular complexity index is 1110. The van der Waals surface area contributed by atoms with Crippen LogP contribution in [0.1, 0.15) is 5.56 Å². The number of benzene rings is 3. The highest BCUT2D eigenvalue weighted by Crippen LogP contribution is 2.31. The highest BCUT2D eigenvalue weighted by Gasteiger charge is 2.13. The molecule has 3 aromatic carbocycles. The molecule has 25 heavy (non-hydrogen) atoms. The van der Waals surface area contributed by atoms with Crippen LogP contribution in [0.25, 0.3) is 27.4 Å². The minimum Gasteiger partial charge on any atom is -0.489 e. The molecule has 0 aliphatic carbocycles. The second-order valence-corrected chi connectivity index (χ2v) is 6.20. The summed E-state index contributed by atoms with van der Waals surface area (Å²) in [7, 11) is 0. The van der Waals surface area contributed by atoms with Gasteiger partial charge in [-0.25, -0.2) is 0 Å². The molecule has 1 aromatic heterocycles. The van der Waals surface area contributed by atoms with Crippen molar-refractivity contribution < 1.29 is 9.47 Å². The van der Waals surface area contributed by atoms with E-state index in [-0.39, 0.29) is 0 Å². The van der Waals surface area contributed by atoms with Crippen LogP contribution in [0.3, 0.4) is 0 Å². The van der Waals surface area contributed by atoms with E-state index in [1.54, 1.807) is 0 Å². The fourth-order valence-electron chi connectivity index (χ4n) is 3.42. The molecule has 0 radical (unpaired) electrons. The Balaban J connectivity index is 1.43. The summed E-state index contributed by atoms with van der Waals surface area (Å²) in [6.45, 7) is 1.13. The molecule has 3 heteroatoms. The molecule has 1 aliphatic rings. The van der Waals surface area contributed by atoms with Gasteiger partial charge in [0.05, 0.1) is 5.52 Å². The van der Waals surface area contributed by atoms with Crippen molar-refractivity contribution in [3.8, 4) is 11.5 Å². The van der Waals surface area contributed by atoms with E-state index in [1.807, 2.05) is 30.3 Å². The van der Waals surface area contributed by atoms with Gasteiger partial charge >= 0.3 is 0 Å². The zero-order valence-electron chi connectivity index (χ0n) is 13.7. The van der Waals surface area contributed by atoms with Crippen LogP contribution in [0.2, 0.25) is 0 Å². The highest BCUT2D eigenvalue weighted by molar-refractivity contribution is 6.07. The molecule has 0 unspecified atom stereocenters. The van der Waals surface area contributed by atoms with Gasteiger partial charge in [-0.1, -0.05) is 36.4 Å². The van der Waals surface area contributed by atoms with E-state index in [0.29, 0.717) is 13.2 Å². The summed E-state index contributed by atoms with van der Waals surface area (Å²) >= 11 is 0. The highest BCUT2D eigenvalue weighted by atomic mass is 16.5. The second kappa shape index (κ2) is 5.71. The SMILES string of the molecule is C1=C(COc2ccc3c(c2)[nH]c2ccccc23)c2ccccc2OC1. The maximum atomic E-state index is 6.06. The first-order chi connectivity index (χ1) is 12.4. The molecule has 122 valence electrons. The normalized spacial score (nSPS) is 13.4. The molecule has 0 bridgehead atoms. The van der Waals surface area contributed by atoms with Crippen molar-refractivity contribution in [1.82, 2.24) is 4.98 Å². The summed E-state index contributed by atoms with van der Waals surface area (Å²) in [5.41, 5.74) is 4.52. The maximum absolute atomic E-state index is 6.06. The van der Waals surface area contributed by atoms with Crippen molar-refractivity contribution in [3.05, 3.63) is 78.4 Å².